The first-order valence-electron chi connectivity index (χ1n) is 5.59. The van der Waals surface area contributed by atoms with Crippen molar-refractivity contribution >= 4 is 22.6 Å². The van der Waals surface area contributed by atoms with E-state index in [4.69, 9.17) is 11.6 Å². The Hall–Kier alpha value is -1.33. The zero-order valence-corrected chi connectivity index (χ0v) is 9.81. The van der Waals surface area contributed by atoms with Gasteiger partial charge in [0.1, 0.15) is 5.15 Å². The van der Waals surface area contributed by atoms with Gasteiger partial charge in [-0.2, -0.15) is 0 Å². The molecule has 1 aliphatic carbocycles. The smallest absolute Gasteiger partial charge is 0.326 e. The monoisotopic (exact) mass is 253 g/mol. The Morgan fingerprint density at radius 3 is 3.06 bits per heavy atom. The number of hydrogen-bond donors (Lipinski definition) is 2. The molecule has 1 saturated carbocycles. The van der Waals surface area contributed by atoms with Crippen LogP contribution in [0.3, 0.4) is 0 Å². The van der Waals surface area contributed by atoms with E-state index in [9.17, 15) is 9.90 Å². The van der Waals surface area contributed by atoms with Gasteiger partial charge in [0.2, 0.25) is 0 Å². The topological polar surface area (TPSA) is 70.9 Å². The molecule has 2 aromatic heterocycles. The largest absolute Gasteiger partial charge is 0.393 e. The molecule has 2 N–H and O–H groups in total. The summed E-state index contributed by atoms with van der Waals surface area (Å²) in [4.78, 5) is 18.6. The van der Waals surface area contributed by atoms with Gasteiger partial charge in [0.05, 0.1) is 23.3 Å². The van der Waals surface area contributed by atoms with Crippen molar-refractivity contribution in [3.05, 3.63) is 27.9 Å². The number of nitrogens with zero attached hydrogens (tertiary/aromatic N) is 2. The van der Waals surface area contributed by atoms with Crippen LogP contribution in [0.1, 0.15) is 25.3 Å². The third kappa shape index (κ3) is 1.75. The highest BCUT2D eigenvalue weighted by Gasteiger charge is 2.26. The Balaban J connectivity index is 2.17. The standard InChI is InChI=1S/C11H12ClN3O2/c12-10-4-9-8(5-13-10)14-11(17)15(9)6-1-2-7(16)3-6/h4-7,16H,1-3H2,(H,14,17). The van der Waals surface area contributed by atoms with Crippen molar-refractivity contribution in [1.82, 2.24) is 14.5 Å². The maximum atomic E-state index is 11.9. The molecule has 0 aliphatic heterocycles. The molecule has 0 spiro atoms. The molecular formula is C11H12ClN3O2. The second kappa shape index (κ2) is 3.85. The third-order valence-electron chi connectivity index (χ3n) is 3.31. The molecule has 0 saturated heterocycles. The second-order valence-corrected chi connectivity index (χ2v) is 4.83. The molecule has 0 bridgehead atoms. The molecule has 2 unspecified atom stereocenters. The Bertz CT molecular complexity index is 619. The summed E-state index contributed by atoms with van der Waals surface area (Å²) in [5, 5.41) is 9.92. The minimum Gasteiger partial charge on any atom is -0.393 e. The Labute approximate surface area is 102 Å². The van der Waals surface area contributed by atoms with Crippen LogP contribution in [0.25, 0.3) is 11.0 Å². The predicted octanol–water partition coefficient (Wildman–Crippen LogP) is 1.46. The third-order valence-corrected chi connectivity index (χ3v) is 3.52. The normalized spacial score (nSPS) is 24.6. The van der Waals surface area contributed by atoms with E-state index in [0.717, 1.165) is 18.4 Å². The Morgan fingerprint density at radius 1 is 1.53 bits per heavy atom. The minimum absolute atomic E-state index is 0.0460. The van der Waals surface area contributed by atoms with Crippen LogP contribution in [0.4, 0.5) is 0 Å². The molecule has 90 valence electrons. The molecule has 1 aliphatic rings. The lowest BCUT2D eigenvalue weighted by molar-refractivity contribution is 0.178. The SMILES string of the molecule is O=c1[nH]c2cnc(Cl)cc2n1C1CCC(O)C1. The number of aliphatic hydroxyl groups is 1. The van der Waals surface area contributed by atoms with Crippen molar-refractivity contribution < 1.29 is 5.11 Å². The van der Waals surface area contributed by atoms with Gasteiger partial charge in [0.25, 0.3) is 0 Å². The summed E-state index contributed by atoms with van der Waals surface area (Å²) >= 11 is 5.85. The Morgan fingerprint density at radius 2 is 2.35 bits per heavy atom. The van der Waals surface area contributed by atoms with E-state index >= 15 is 0 Å². The van der Waals surface area contributed by atoms with E-state index in [1.165, 1.54) is 0 Å². The highest BCUT2D eigenvalue weighted by atomic mass is 35.5. The van der Waals surface area contributed by atoms with Gasteiger partial charge in [-0.3, -0.25) is 4.57 Å². The average molecular weight is 254 g/mol. The summed E-state index contributed by atoms with van der Waals surface area (Å²) in [5.41, 5.74) is 1.28. The van der Waals surface area contributed by atoms with E-state index in [1.54, 1.807) is 16.8 Å². The number of halogens is 1. The summed E-state index contributed by atoms with van der Waals surface area (Å²) in [7, 11) is 0. The number of nitrogens with one attached hydrogen (secondary N) is 1. The van der Waals surface area contributed by atoms with Gasteiger partial charge < -0.3 is 10.1 Å². The highest BCUT2D eigenvalue weighted by Crippen LogP contribution is 2.31. The zero-order valence-electron chi connectivity index (χ0n) is 9.06. The van der Waals surface area contributed by atoms with Gasteiger partial charge in [-0.05, 0) is 19.3 Å². The molecule has 0 radical (unpaired) electrons. The predicted molar refractivity (Wildman–Crippen MR) is 64.3 cm³/mol. The van der Waals surface area contributed by atoms with Crippen molar-refractivity contribution in [3.8, 4) is 0 Å². The van der Waals surface area contributed by atoms with Gasteiger partial charge in [0.15, 0.2) is 0 Å². The fraction of sp³-hybridized carbons (Fsp3) is 0.455. The number of rotatable bonds is 1. The molecule has 0 aromatic carbocycles. The van der Waals surface area contributed by atoms with Crippen LogP contribution in [0.5, 0.6) is 0 Å². The van der Waals surface area contributed by atoms with Gasteiger partial charge in [-0.15, -0.1) is 0 Å². The molecule has 2 atom stereocenters. The average Bonchev–Trinajstić information content (AvgIpc) is 2.81. The van der Waals surface area contributed by atoms with Crippen LogP contribution in [-0.2, 0) is 0 Å². The quantitative estimate of drug-likeness (QED) is 0.756. The minimum atomic E-state index is -0.311. The lowest BCUT2D eigenvalue weighted by Crippen LogP contribution is -2.21. The fourth-order valence-electron chi connectivity index (χ4n) is 2.53. The van der Waals surface area contributed by atoms with Crippen LogP contribution in [0, 0.1) is 0 Å². The summed E-state index contributed by atoms with van der Waals surface area (Å²) in [6.45, 7) is 0. The van der Waals surface area contributed by atoms with Crippen LogP contribution in [0.2, 0.25) is 5.15 Å². The molecule has 6 heteroatoms. The second-order valence-electron chi connectivity index (χ2n) is 4.45. The molecule has 3 rings (SSSR count). The molecule has 17 heavy (non-hydrogen) atoms. The Kier molecular flexibility index (Phi) is 2.45. The van der Waals surface area contributed by atoms with Crippen molar-refractivity contribution in [2.45, 2.75) is 31.4 Å². The highest BCUT2D eigenvalue weighted by molar-refractivity contribution is 6.29. The first-order chi connectivity index (χ1) is 8.15. The summed E-state index contributed by atoms with van der Waals surface area (Å²) < 4.78 is 1.68. The van der Waals surface area contributed by atoms with E-state index in [2.05, 4.69) is 9.97 Å². The van der Waals surface area contributed by atoms with Gasteiger partial charge >= 0.3 is 5.69 Å². The van der Waals surface area contributed by atoms with Gasteiger partial charge in [0, 0.05) is 12.1 Å². The van der Waals surface area contributed by atoms with Crippen molar-refractivity contribution in [1.29, 1.82) is 0 Å². The number of H-pyrrole nitrogens is 1. The van der Waals surface area contributed by atoms with Gasteiger partial charge in [-0.25, -0.2) is 9.78 Å². The number of aliphatic hydroxyl groups excluding tert-OH is 1. The molecule has 1 fully saturated rings. The van der Waals surface area contributed by atoms with Gasteiger partial charge in [-0.1, -0.05) is 11.6 Å². The van der Waals surface area contributed by atoms with Crippen LogP contribution < -0.4 is 5.69 Å². The van der Waals surface area contributed by atoms with Crippen LogP contribution in [-0.4, -0.2) is 25.7 Å². The molecule has 5 nitrogen and oxygen atoms in total. The number of hydrogen-bond acceptors (Lipinski definition) is 3. The first kappa shape index (κ1) is 10.8. The number of fused-ring (bicyclic) bond motifs is 1. The maximum Gasteiger partial charge on any atom is 0.326 e. The molecule has 2 heterocycles. The van der Waals surface area contributed by atoms with E-state index in [1.807, 2.05) is 0 Å². The summed E-state index contributed by atoms with van der Waals surface area (Å²) in [5.74, 6) is 0. The summed E-state index contributed by atoms with van der Waals surface area (Å²) in [6, 6.07) is 1.73. The number of imidazole rings is 1. The van der Waals surface area contributed by atoms with Crippen LogP contribution >= 0.6 is 11.6 Å². The van der Waals surface area contributed by atoms with E-state index < -0.39 is 0 Å². The number of pyridine rings is 1. The molecule has 0 amide bonds. The zero-order chi connectivity index (χ0) is 12.0. The van der Waals surface area contributed by atoms with Crippen molar-refractivity contribution in [2.24, 2.45) is 0 Å². The number of aromatic amines is 1. The fourth-order valence-corrected chi connectivity index (χ4v) is 2.68. The molecule has 2 aromatic rings. The van der Waals surface area contributed by atoms with E-state index in [0.29, 0.717) is 17.1 Å². The lowest BCUT2D eigenvalue weighted by Gasteiger charge is -2.11. The lowest BCUT2D eigenvalue weighted by atomic mass is 10.2. The molecular weight excluding hydrogens is 242 g/mol. The van der Waals surface area contributed by atoms with Crippen molar-refractivity contribution in [3.63, 3.8) is 0 Å². The van der Waals surface area contributed by atoms with E-state index in [-0.39, 0.29) is 17.8 Å². The maximum absolute atomic E-state index is 11.9. The van der Waals surface area contributed by atoms with Crippen LogP contribution in [0.15, 0.2) is 17.1 Å². The van der Waals surface area contributed by atoms with Crippen molar-refractivity contribution in [2.75, 3.05) is 0 Å². The first-order valence-corrected chi connectivity index (χ1v) is 5.97. The summed E-state index contributed by atoms with van der Waals surface area (Å²) in [6.07, 6.45) is 3.42. The number of aromatic nitrogens is 3.